The largest absolute Gasteiger partial charge is 0.389 e. The molecular weight excluding hydrogens is 274 g/mol. The van der Waals surface area contributed by atoms with Crippen molar-refractivity contribution in [2.75, 3.05) is 6.54 Å². The SMILES string of the molecule is CCC(C)(O)CNC(C)c1cc(Br)cs1. The Labute approximate surface area is 104 Å². The van der Waals surface area contributed by atoms with Crippen LogP contribution in [0.5, 0.6) is 0 Å². The van der Waals surface area contributed by atoms with Crippen LogP contribution in [0.3, 0.4) is 0 Å². The maximum atomic E-state index is 9.86. The monoisotopic (exact) mass is 291 g/mol. The van der Waals surface area contributed by atoms with E-state index in [-0.39, 0.29) is 0 Å². The van der Waals surface area contributed by atoms with E-state index in [1.54, 1.807) is 11.3 Å². The van der Waals surface area contributed by atoms with Gasteiger partial charge in [-0.3, -0.25) is 0 Å². The lowest BCUT2D eigenvalue weighted by Crippen LogP contribution is -2.38. The third kappa shape index (κ3) is 4.23. The summed E-state index contributed by atoms with van der Waals surface area (Å²) in [5, 5.41) is 15.3. The summed E-state index contributed by atoms with van der Waals surface area (Å²) in [4.78, 5) is 1.29. The first-order chi connectivity index (χ1) is 6.94. The maximum absolute atomic E-state index is 9.86. The van der Waals surface area contributed by atoms with Crippen molar-refractivity contribution < 1.29 is 5.11 Å². The lowest BCUT2D eigenvalue weighted by molar-refractivity contribution is 0.0534. The van der Waals surface area contributed by atoms with E-state index in [2.05, 4.69) is 39.6 Å². The summed E-state index contributed by atoms with van der Waals surface area (Å²) < 4.78 is 1.12. The van der Waals surface area contributed by atoms with E-state index in [1.807, 2.05) is 13.8 Å². The van der Waals surface area contributed by atoms with Crippen LogP contribution in [-0.2, 0) is 0 Å². The van der Waals surface area contributed by atoms with Crippen LogP contribution >= 0.6 is 27.3 Å². The molecular formula is C11H18BrNOS. The molecule has 2 atom stereocenters. The van der Waals surface area contributed by atoms with Gasteiger partial charge in [-0.25, -0.2) is 0 Å². The number of hydrogen-bond acceptors (Lipinski definition) is 3. The second-order valence-corrected chi connectivity index (χ2v) is 5.98. The van der Waals surface area contributed by atoms with Gasteiger partial charge in [0.05, 0.1) is 5.60 Å². The van der Waals surface area contributed by atoms with Gasteiger partial charge in [-0.15, -0.1) is 11.3 Å². The molecule has 0 amide bonds. The predicted molar refractivity (Wildman–Crippen MR) is 69.4 cm³/mol. The second-order valence-electron chi connectivity index (χ2n) is 4.12. The van der Waals surface area contributed by atoms with E-state index < -0.39 is 5.60 Å². The highest BCUT2D eigenvalue weighted by Gasteiger charge is 2.18. The van der Waals surface area contributed by atoms with Crippen LogP contribution in [0, 0.1) is 0 Å². The van der Waals surface area contributed by atoms with Crippen LogP contribution in [0.1, 0.15) is 38.1 Å². The summed E-state index contributed by atoms with van der Waals surface area (Å²) in [5.41, 5.74) is -0.608. The molecule has 0 saturated heterocycles. The zero-order valence-electron chi connectivity index (χ0n) is 9.38. The van der Waals surface area contributed by atoms with Gasteiger partial charge in [0.2, 0.25) is 0 Å². The van der Waals surface area contributed by atoms with Gasteiger partial charge < -0.3 is 10.4 Å². The van der Waals surface area contributed by atoms with Crippen molar-refractivity contribution in [2.45, 2.75) is 38.8 Å². The molecule has 0 aliphatic heterocycles. The van der Waals surface area contributed by atoms with E-state index in [0.717, 1.165) is 10.9 Å². The third-order valence-electron chi connectivity index (χ3n) is 2.57. The minimum absolute atomic E-state index is 0.291. The molecule has 4 heteroatoms. The first-order valence-corrected chi connectivity index (χ1v) is 6.81. The Morgan fingerprint density at radius 1 is 1.67 bits per heavy atom. The third-order valence-corrected chi connectivity index (χ3v) is 4.44. The van der Waals surface area contributed by atoms with Crippen molar-refractivity contribution in [2.24, 2.45) is 0 Å². The Bertz CT molecular complexity index is 311. The average molecular weight is 292 g/mol. The normalized spacial score (nSPS) is 17.4. The smallest absolute Gasteiger partial charge is 0.0741 e. The number of halogens is 1. The number of rotatable bonds is 5. The molecule has 1 heterocycles. The molecule has 15 heavy (non-hydrogen) atoms. The number of nitrogens with one attached hydrogen (secondary N) is 1. The fraction of sp³-hybridized carbons (Fsp3) is 0.636. The van der Waals surface area contributed by atoms with Gasteiger partial charge in [-0.2, -0.15) is 0 Å². The standard InChI is InChI=1S/C11H18BrNOS/c1-4-11(3,14)7-13-8(2)10-5-9(12)6-15-10/h5-6,8,13-14H,4,7H2,1-3H3. The molecule has 2 unspecified atom stereocenters. The van der Waals surface area contributed by atoms with Crippen LogP contribution in [0.25, 0.3) is 0 Å². The van der Waals surface area contributed by atoms with Crippen molar-refractivity contribution in [3.8, 4) is 0 Å². The molecule has 86 valence electrons. The van der Waals surface area contributed by atoms with Gasteiger partial charge >= 0.3 is 0 Å². The molecule has 0 bridgehead atoms. The molecule has 0 aliphatic rings. The van der Waals surface area contributed by atoms with Gasteiger partial charge in [0.15, 0.2) is 0 Å². The highest BCUT2D eigenvalue weighted by Crippen LogP contribution is 2.25. The zero-order valence-corrected chi connectivity index (χ0v) is 11.8. The molecule has 0 saturated carbocycles. The minimum Gasteiger partial charge on any atom is -0.389 e. The van der Waals surface area contributed by atoms with Crippen molar-refractivity contribution in [1.82, 2.24) is 5.32 Å². The molecule has 1 rings (SSSR count). The summed E-state index contributed by atoms with van der Waals surface area (Å²) in [6.45, 7) is 6.59. The molecule has 1 aromatic heterocycles. The van der Waals surface area contributed by atoms with E-state index in [4.69, 9.17) is 0 Å². The van der Waals surface area contributed by atoms with Crippen LogP contribution in [0.15, 0.2) is 15.9 Å². The van der Waals surface area contributed by atoms with Crippen LogP contribution in [-0.4, -0.2) is 17.3 Å². The highest BCUT2D eigenvalue weighted by atomic mass is 79.9. The summed E-state index contributed by atoms with van der Waals surface area (Å²) in [7, 11) is 0. The van der Waals surface area contributed by atoms with Crippen LogP contribution < -0.4 is 5.32 Å². The molecule has 2 nitrogen and oxygen atoms in total. The molecule has 0 fully saturated rings. The van der Waals surface area contributed by atoms with E-state index >= 15 is 0 Å². The van der Waals surface area contributed by atoms with Crippen LogP contribution in [0.4, 0.5) is 0 Å². The Morgan fingerprint density at radius 3 is 2.80 bits per heavy atom. The van der Waals surface area contributed by atoms with E-state index in [0.29, 0.717) is 12.6 Å². The summed E-state index contributed by atoms with van der Waals surface area (Å²) >= 11 is 5.16. The average Bonchev–Trinajstić information content (AvgIpc) is 2.61. The van der Waals surface area contributed by atoms with Gasteiger partial charge in [0, 0.05) is 27.3 Å². The number of thiophene rings is 1. The molecule has 0 aromatic carbocycles. The molecule has 0 radical (unpaired) electrons. The molecule has 0 aliphatic carbocycles. The van der Waals surface area contributed by atoms with Crippen molar-refractivity contribution >= 4 is 27.3 Å². The van der Waals surface area contributed by atoms with Crippen molar-refractivity contribution in [1.29, 1.82) is 0 Å². The zero-order chi connectivity index (χ0) is 11.5. The molecule has 0 spiro atoms. The first kappa shape index (κ1) is 13.2. The summed E-state index contributed by atoms with van der Waals surface area (Å²) in [5.74, 6) is 0. The fourth-order valence-electron chi connectivity index (χ4n) is 1.15. The summed E-state index contributed by atoms with van der Waals surface area (Å²) in [6.07, 6.45) is 0.765. The highest BCUT2D eigenvalue weighted by molar-refractivity contribution is 9.10. The lowest BCUT2D eigenvalue weighted by atomic mass is 10.0. The number of hydrogen-bond donors (Lipinski definition) is 2. The minimum atomic E-state index is -0.608. The Hall–Kier alpha value is 0.1000. The van der Waals surface area contributed by atoms with Gasteiger partial charge in [-0.05, 0) is 42.3 Å². The Morgan fingerprint density at radius 2 is 2.33 bits per heavy atom. The van der Waals surface area contributed by atoms with Gasteiger partial charge in [-0.1, -0.05) is 6.92 Å². The van der Waals surface area contributed by atoms with Gasteiger partial charge in [0.25, 0.3) is 0 Å². The predicted octanol–water partition coefficient (Wildman–Crippen LogP) is 3.32. The fourth-order valence-corrected chi connectivity index (χ4v) is 2.63. The lowest BCUT2D eigenvalue weighted by Gasteiger charge is -2.24. The maximum Gasteiger partial charge on any atom is 0.0741 e. The molecule has 1 aromatic rings. The quantitative estimate of drug-likeness (QED) is 0.872. The van der Waals surface area contributed by atoms with E-state index in [1.165, 1.54) is 4.88 Å². The van der Waals surface area contributed by atoms with Crippen molar-refractivity contribution in [3.63, 3.8) is 0 Å². The number of aliphatic hydroxyl groups is 1. The van der Waals surface area contributed by atoms with E-state index in [9.17, 15) is 5.11 Å². The first-order valence-electron chi connectivity index (χ1n) is 5.14. The van der Waals surface area contributed by atoms with Crippen molar-refractivity contribution in [3.05, 3.63) is 20.8 Å². The Kier molecular flexibility index (Phi) is 4.77. The van der Waals surface area contributed by atoms with Crippen LogP contribution in [0.2, 0.25) is 0 Å². The summed E-state index contributed by atoms with van der Waals surface area (Å²) in [6, 6.07) is 2.41. The van der Waals surface area contributed by atoms with Gasteiger partial charge in [0.1, 0.15) is 0 Å². The second kappa shape index (κ2) is 5.43. The topological polar surface area (TPSA) is 32.3 Å². The Balaban J connectivity index is 2.46. The molecule has 2 N–H and O–H groups in total.